The summed E-state index contributed by atoms with van der Waals surface area (Å²) in [5, 5.41) is 4.41. The van der Waals surface area contributed by atoms with Gasteiger partial charge in [0.25, 0.3) is 0 Å². The zero-order valence-electron chi connectivity index (χ0n) is 19.2. The van der Waals surface area contributed by atoms with Crippen LogP contribution in [-0.4, -0.2) is 22.6 Å². The molecule has 2 aromatic heterocycles. The predicted octanol–water partition coefficient (Wildman–Crippen LogP) is 6.56. The van der Waals surface area contributed by atoms with Gasteiger partial charge in [-0.15, -0.1) is 11.3 Å². The number of rotatable bonds is 3. The molecule has 0 saturated heterocycles. The number of methoxy groups -OCH3 is 1. The van der Waals surface area contributed by atoms with Crippen LogP contribution < -0.4 is 10.1 Å². The number of aryl methyl sites for hydroxylation is 1. The van der Waals surface area contributed by atoms with Crippen molar-refractivity contribution in [3.8, 4) is 10.8 Å². The van der Waals surface area contributed by atoms with E-state index >= 15 is 0 Å². The van der Waals surface area contributed by atoms with Gasteiger partial charge in [0.15, 0.2) is 0 Å². The first-order chi connectivity index (χ1) is 16.7. The number of hydrogen-bond acceptors (Lipinski definition) is 3. The van der Waals surface area contributed by atoms with Gasteiger partial charge in [0.2, 0.25) is 0 Å². The molecule has 0 radical (unpaired) electrons. The third kappa shape index (κ3) is 3.59. The van der Waals surface area contributed by atoms with Crippen LogP contribution in [0.1, 0.15) is 46.1 Å². The van der Waals surface area contributed by atoms with E-state index in [1.807, 2.05) is 58.7 Å². The molecule has 1 aliphatic carbocycles. The highest BCUT2D eigenvalue weighted by molar-refractivity contribution is 7.15. The lowest BCUT2D eigenvalue weighted by Crippen LogP contribution is -2.38. The van der Waals surface area contributed by atoms with Crippen molar-refractivity contribution in [1.82, 2.24) is 9.47 Å². The zero-order valence-corrected chi connectivity index (χ0v) is 20.0. The first-order valence-electron chi connectivity index (χ1n) is 11.8. The van der Waals surface area contributed by atoms with Gasteiger partial charge in [0, 0.05) is 22.3 Å². The van der Waals surface area contributed by atoms with Gasteiger partial charge >= 0.3 is 6.03 Å². The number of nitrogens with zero attached hydrogens (tertiary/aromatic N) is 2. The van der Waals surface area contributed by atoms with E-state index in [1.54, 1.807) is 7.11 Å². The quantitative estimate of drug-likeness (QED) is 0.369. The van der Waals surface area contributed by atoms with Crippen LogP contribution >= 0.6 is 11.3 Å². The average molecular weight is 470 g/mol. The van der Waals surface area contributed by atoms with Crippen LogP contribution in [0.3, 0.4) is 0 Å². The second-order valence-corrected chi connectivity index (χ2v) is 9.98. The predicted molar refractivity (Wildman–Crippen MR) is 136 cm³/mol. The highest BCUT2D eigenvalue weighted by Gasteiger charge is 2.36. The number of thiophene rings is 1. The second kappa shape index (κ2) is 8.69. The summed E-state index contributed by atoms with van der Waals surface area (Å²) in [6, 6.07) is 21.7. The third-order valence-electron chi connectivity index (χ3n) is 6.90. The van der Waals surface area contributed by atoms with Gasteiger partial charge in [-0.25, -0.2) is 4.79 Å². The van der Waals surface area contributed by atoms with Crippen LogP contribution in [0.4, 0.5) is 10.5 Å². The molecule has 172 valence electrons. The number of fused-ring (bicyclic) bond motifs is 5. The molecule has 2 amide bonds. The molecule has 0 fully saturated rings. The summed E-state index contributed by atoms with van der Waals surface area (Å²) in [6.07, 6.45) is 6.84. The molecule has 1 atom stereocenters. The van der Waals surface area contributed by atoms with Crippen molar-refractivity contribution >= 4 is 23.1 Å². The van der Waals surface area contributed by atoms with Crippen LogP contribution in [0.5, 0.6) is 5.75 Å². The van der Waals surface area contributed by atoms with Crippen LogP contribution in [0, 0.1) is 0 Å². The summed E-state index contributed by atoms with van der Waals surface area (Å²) in [5.74, 6) is 0.807. The fourth-order valence-corrected chi connectivity index (χ4v) is 6.64. The van der Waals surface area contributed by atoms with E-state index in [0.717, 1.165) is 35.5 Å². The van der Waals surface area contributed by atoms with Crippen molar-refractivity contribution in [3.05, 3.63) is 100 Å². The van der Waals surface area contributed by atoms with Crippen molar-refractivity contribution in [1.29, 1.82) is 0 Å². The van der Waals surface area contributed by atoms with Crippen molar-refractivity contribution in [2.45, 2.75) is 38.3 Å². The van der Waals surface area contributed by atoms with Gasteiger partial charge in [-0.2, -0.15) is 0 Å². The van der Waals surface area contributed by atoms with Crippen LogP contribution in [0.2, 0.25) is 0 Å². The van der Waals surface area contributed by atoms with Crippen molar-refractivity contribution in [2.75, 3.05) is 12.4 Å². The largest absolute Gasteiger partial charge is 0.497 e. The lowest BCUT2D eigenvalue weighted by Gasteiger charge is -2.31. The molecule has 2 aliphatic rings. The third-order valence-corrected chi connectivity index (χ3v) is 8.23. The molecule has 5 nitrogen and oxygen atoms in total. The minimum Gasteiger partial charge on any atom is -0.497 e. The number of aromatic nitrogens is 1. The van der Waals surface area contributed by atoms with E-state index in [4.69, 9.17) is 4.74 Å². The van der Waals surface area contributed by atoms with Crippen LogP contribution in [0.15, 0.2) is 72.9 Å². The fourth-order valence-electron chi connectivity index (χ4n) is 5.24. The number of ether oxygens (including phenoxy) is 1. The topological polar surface area (TPSA) is 46.5 Å². The molecular formula is C28H27N3O2S. The summed E-state index contributed by atoms with van der Waals surface area (Å²) >= 11 is 1.90. The maximum Gasteiger partial charge on any atom is 0.322 e. The number of para-hydroxylation sites is 1. The molecule has 1 aliphatic heterocycles. The summed E-state index contributed by atoms with van der Waals surface area (Å²) in [7, 11) is 1.67. The van der Waals surface area contributed by atoms with Crippen molar-refractivity contribution in [3.63, 3.8) is 0 Å². The number of hydrogen-bond donors (Lipinski definition) is 1. The summed E-state index contributed by atoms with van der Waals surface area (Å²) in [6.45, 7) is 0.582. The number of amides is 2. The van der Waals surface area contributed by atoms with E-state index in [9.17, 15) is 4.79 Å². The molecule has 6 heteroatoms. The smallest absolute Gasteiger partial charge is 0.322 e. The Kier molecular flexibility index (Phi) is 5.38. The molecule has 0 saturated carbocycles. The molecule has 1 N–H and O–H groups in total. The number of nitrogens with one attached hydrogen (secondary N) is 1. The van der Waals surface area contributed by atoms with Gasteiger partial charge < -0.3 is 19.5 Å². The highest BCUT2D eigenvalue weighted by atomic mass is 32.1. The monoisotopic (exact) mass is 469 g/mol. The van der Waals surface area contributed by atoms with Crippen LogP contribution in [0.25, 0.3) is 5.00 Å². The highest BCUT2D eigenvalue weighted by Crippen LogP contribution is 2.44. The minimum atomic E-state index is -0.219. The van der Waals surface area contributed by atoms with Gasteiger partial charge in [0.1, 0.15) is 10.8 Å². The van der Waals surface area contributed by atoms with E-state index in [-0.39, 0.29) is 12.1 Å². The molecule has 34 heavy (non-hydrogen) atoms. The summed E-state index contributed by atoms with van der Waals surface area (Å²) in [4.78, 5) is 17.3. The SMILES string of the molecule is COc1ccc([C@@H]2c3cccn3-c3sc4c(c3CN2C(=O)Nc2ccccc2)CCCC4)cc1. The number of urea groups is 1. The maximum absolute atomic E-state index is 13.8. The molecular weight excluding hydrogens is 442 g/mol. The van der Waals surface area contributed by atoms with E-state index in [0.29, 0.717) is 6.54 Å². The van der Waals surface area contributed by atoms with Crippen molar-refractivity contribution < 1.29 is 9.53 Å². The Morgan fingerprint density at radius 3 is 2.56 bits per heavy atom. The molecule has 6 rings (SSSR count). The normalized spacial score (nSPS) is 16.7. The minimum absolute atomic E-state index is 0.0941. The second-order valence-electron chi connectivity index (χ2n) is 8.90. The van der Waals surface area contributed by atoms with Crippen LogP contribution in [-0.2, 0) is 19.4 Å². The number of carbonyl (C=O) groups is 1. The van der Waals surface area contributed by atoms with Gasteiger partial charge in [-0.3, -0.25) is 0 Å². The summed E-state index contributed by atoms with van der Waals surface area (Å²) in [5.41, 5.74) is 5.72. The van der Waals surface area contributed by atoms with Gasteiger partial charge in [-0.05, 0) is 73.2 Å². The van der Waals surface area contributed by atoms with Crippen molar-refractivity contribution in [2.24, 2.45) is 0 Å². The molecule has 0 spiro atoms. The zero-order chi connectivity index (χ0) is 23.1. The Bertz CT molecular complexity index is 1320. The van der Waals surface area contributed by atoms with Gasteiger partial charge in [0.05, 0.1) is 25.4 Å². The molecule has 2 aromatic carbocycles. The Balaban J connectivity index is 1.49. The van der Waals surface area contributed by atoms with E-state index in [2.05, 4.69) is 40.3 Å². The van der Waals surface area contributed by atoms with E-state index < -0.39 is 0 Å². The standard InChI is InChI=1S/C28H27N3O2S/c1-33-21-15-13-19(14-16-21)26-24-11-7-17-30(24)27-23(22-10-5-6-12-25(22)34-27)18-31(26)28(32)29-20-8-3-2-4-9-20/h2-4,7-9,11,13-17,26H,5-6,10,12,18H2,1H3,(H,29,32)/t26-/m1/s1. The lowest BCUT2D eigenvalue weighted by atomic mass is 9.95. The number of carbonyl (C=O) groups excluding carboxylic acids is 1. The van der Waals surface area contributed by atoms with Gasteiger partial charge in [-0.1, -0.05) is 30.3 Å². The summed E-state index contributed by atoms with van der Waals surface area (Å²) < 4.78 is 7.70. The fraction of sp³-hybridized carbons (Fsp3) is 0.250. The Hall–Kier alpha value is -3.51. The molecule has 0 unspecified atom stereocenters. The number of benzene rings is 2. The first kappa shape index (κ1) is 21.1. The van der Waals surface area contributed by atoms with E-state index in [1.165, 1.54) is 33.8 Å². The number of anilines is 1. The Morgan fingerprint density at radius 1 is 0.971 bits per heavy atom. The maximum atomic E-state index is 13.8. The molecule has 3 heterocycles. The lowest BCUT2D eigenvalue weighted by molar-refractivity contribution is 0.194. The first-order valence-corrected chi connectivity index (χ1v) is 12.6. The Morgan fingerprint density at radius 2 is 1.76 bits per heavy atom. The molecule has 4 aromatic rings. The molecule has 0 bridgehead atoms. The Labute approximate surface area is 203 Å². The average Bonchev–Trinajstić information content (AvgIpc) is 3.47.